The number of hydrogen-bond acceptors (Lipinski definition) is 3. The molecular weight excluding hydrogens is 224 g/mol. The lowest BCUT2D eigenvalue weighted by Gasteiger charge is -2.25. The number of carbonyl (C=O) groups excluding carboxylic acids is 1. The lowest BCUT2D eigenvalue weighted by Crippen LogP contribution is -2.49. The highest BCUT2D eigenvalue weighted by Crippen LogP contribution is 2.28. The molecule has 1 atom stereocenters. The maximum Gasteiger partial charge on any atom is 0.332 e. The van der Waals surface area contributed by atoms with Gasteiger partial charge in [-0.2, -0.15) is 0 Å². The third kappa shape index (κ3) is 4.60. The van der Waals surface area contributed by atoms with Crippen LogP contribution in [0, 0.1) is 0 Å². The minimum absolute atomic E-state index is 0.0134. The van der Waals surface area contributed by atoms with Crippen molar-refractivity contribution in [1.82, 2.24) is 10.6 Å². The van der Waals surface area contributed by atoms with Crippen molar-refractivity contribution in [2.24, 2.45) is 0 Å². The molecule has 1 saturated carbocycles. The SMILES string of the molecule is CC1(NC(=O)NCC[C@H](O)C(=O)O)CCCC1. The van der Waals surface area contributed by atoms with E-state index >= 15 is 0 Å². The Morgan fingerprint density at radius 3 is 2.47 bits per heavy atom. The van der Waals surface area contributed by atoms with Crippen LogP contribution < -0.4 is 10.6 Å². The molecule has 1 fully saturated rings. The Bertz CT molecular complexity index is 287. The number of amides is 2. The van der Waals surface area contributed by atoms with E-state index in [2.05, 4.69) is 10.6 Å². The molecule has 0 unspecified atom stereocenters. The van der Waals surface area contributed by atoms with Crippen LogP contribution in [0.25, 0.3) is 0 Å². The minimum Gasteiger partial charge on any atom is -0.479 e. The lowest BCUT2D eigenvalue weighted by atomic mass is 10.0. The first-order chi connectivity index (χ1) is 7.93. The van der Waals surface area contributed by atoms with Crippen LogP contribution in [-0.4, -0.2) is 40.4 Å². The van der Waals surface area contributed by atoms with Crippen molar-refractivity contribution >= 4 is 12.0 Å². The molecule has 0 aromatic rings. The largest absolute Gasteiger partial charge is 0.479 e. The van der Waals surface area contributed by atoms with Gasteiger partial charge in [-0.25, -0.2) is 9.59 Å². The van der Waals surface area contributed by atoms with Gasteiger partial charge >= 0.3 is 12.0 Å². The molecular formula is C11H20N2O4. The number of aliphatic carboxylic acids is 1. The fraction of sp³-hybridized carbons (Fsp3) is 0.818. The number of hydrogen-bond donors (Lipinski definition) is 4. The van der Waals surface area contributed by atoms with Gasteiger partial charge in [0.1, 0.15) is 0 Å². The van der Waals surface area contributed by atoms with Gasteiger partial charge < -0.3 is 20.8 Å². The van der Waals surface area contributed by atoms with Gasteiger partial charge in [-0.3, -0.25) is 0 Å². The van der Waals surface area contributed by atoms with E-state index in [1.807, 2.05) is 6.92 Å². The second-order valence-corrected chi connectivity index (χ2v) is 4.79. The number of rotatable bonds is 5. The smallest absolute Gasteiger partial charge is 0.332 e. The molecule has 0 spiro atoms. The molecule has 0 aliphatic heterocycles. The van der Waals surface area contributed by atoms with E-state index in [1.165, 1.54) is 0 Å². The van der Waals surface area contributed by atoms with Crippen molar-refractivity contribution in [3.05, 3.63) is 0 Å². The molecule has 98 valence electrons. The normalized spacial score (nSPS) is 19.6. The van der Waals surface area contributed by atoms with Crippen LogP contribution in [0.5, 0.6) is 0 Å². The summed E-state index contributed by atoms with van der Waals surface area (Å²) in [6.07, 6.45) is 2.77. The zero-order chi connectivity index (χ0) is 12.9. The van der Waals surface area contributed by atoms with E-state index < -0.39 is 12.1 Å². The zero-order valence-corrected chi connectivity index (χ0v) is 10.0. The average Bonchev–Trinajstić information content (AvgIpc) is 2.64. The highest BCUT2D eigenvalue weighted by molar-refractivity contribution is 5.75. The summed E-state index contributed by atoms with van der Waals surface area (Å²) in [5.41, 5.74) is -0.143. The fourth-order valence-corrected chi connectivity index (χ4v) is 2.04. The average molecular weight is 244 g/mol. The summed E-state index contributed by atoms with van der Waals surface area (Å²) in [5, 5.41) is 22.9. The molecule has 0 saturated heterocycles. The summed E-state index contributed by atoms with van der Waals surface area (Å²) in [6, 6.07) is -0.299. The Labute approximate surface area is 100 Å². The molecule has 0 radical (unpaired) electrons. The molecule has 0 heterocycles. The van der Waals surface area contributed by atoms with E-state index in [1.54, 1.807) is 0 Å². The van der Waals surface area contributed by atoms with Gasteiger partial charge in [0.2, 0.25) is 0 Å². The molecule has 6 heteroatoms. The number of carboxylic acids is 1. The molecule has 0 bridgehead atoms. The summed E-state index contributed by atoms with van der Waals surface area (Å²) in [7, 11) is 0. The molecule has 2 amide bonds. The quantitative estimate of drug-likeness (QED) is 0.564. The number of carboxylic acid groups (broad SMARTS) is 1. The number of nitrogens with one attached hydrogen (secondary N) is 2. The van der Waals surface area contributed by atoms with Crippen LogP contribution in [0.1, 0.15) is 39.0 Å². The second kappa shape index (κ2) is 5.86. The Kier molecular flexibility index (Phi) is 4.74. The Morgan fingerprint density at radius 1 is 1.35 bits per heavy atom. The van der Waals surface area contributed by atoms with Gasteiger partial charge in [0.25, 0.3) is 0 Å². The second-order valence-electron chi connectivity index (χ2n) is 4.79. The minimum atomic E-state index is -1.42. The van der Waals surface area contributed by atoms with Crippen LogP contribution in [0.3, 0.4) is 0 Å². The first kappa shape index (κ1) is 13.8. The first-order valence-corrected chi connectivity index (χ1v) is 5.90. The van der Waals surface area contributed by atoms with E-state index in [9.17, 15) is 9.59 Å². The number of urea groups is 1. The molecule has 1 aliphatic rings. The fourth-order valence-electron chi connectivity index (χ4n) is 2.04. The Hall–Kier alpha value is -1.30. The zero-order valence-electron chi connectivity index (χ0n) is 10.0. The van der Waals surface area contributed by atoms with Crippen LogP contribution >= 0.6 is 0 Å². The van der Waals surface area contributed by atoms with Crippen molar-refractivity contribution in [1.29, 1.82) is 0 Å². The summed E-state index contributed by atoms with van der Waals surface area (Å²) < 4.78 is 0. The molecule has 0 aromatic carbocycles. The van der Waals surface area contributed by atoms with Crippen LogP contribution in [0.15, 0.2) is 0 Å². The van der Waals surface area contributed by atoms with Crippen LogP contribution in [0.4, 0.5) is 4.79 Å². The van der Waals surface area contributed by atoms with E-state index in [0.29, 0.717) is 0 Å². The van der Waals surface area contributed by atoms with E-state index in [4.69, 9.17) is 10.2 Å². The molecule has 4 N–H and O–H groups in total. The highest BCUT2D eigenvalue weighted by atomic mass is 16.4. The molecule has 0 aromatic heterocycles. The number of carbonyl (C=O) groups is 2. The van der Waals surface area contributed by atoms with Crippen LogP contribution in [-0.2, 0) is 4.79 Å². The summed E-state index contributed by atoms with van der Waals surface area (Å²) in [6.45, 7) is 2.15. The predicted molar refractivity (Wildman–Crippen MR) is 61.7 cm³/mol. The van der Waals surface area contributed by atoms with Crippen molar-refractivity contribution < 1.29 is 19.8 Å². The lowest BCUT2D eigenvalue weighted by molar-refractivity contribution is -0.146. The van der Waals surface area contributed by atoms with E-state index in [0.717, 1.165) is 25.7 Å². The highest BCUT2D eigenvalue weighted by Gasteiger charge is 2.29. The Morgan fingerprint density at radius 2 is 1.94 bits per heavy atom. The molecule has 6 nitrogen and oxygen atoms in total. The van der Waals surface area contributed by atoms with Crippen LogP contribution in [0.2, 0.25) is 0 Å². The standard InChI is InChI=1S/C11H20N2O4/c1-11(5-2-3-6-11)13-10(17)12-7-4-8(14)9(15)16/h8,14H,2-7H2,1H3,(H,15,16)(H2,12,13,17)/t8-/m0/s1. The van der Waals surface area contributed by atoms with Gasteiger partial charge in [-0.05, 0) is 19.8 Å². The maximum atomic E-state index is 11.5. The van der Waals surface area contributed by atoms with Crippen molar-refractivity contribution in [3.8, 4) is 0 Å². The van der Waals surface area contributed by atoms with Gasteiger partial charge in [-0.1, -0.05) is 12.8 Å². The summed E-state index contributed by atoms with van der Waals surface area (Å²) in [5.74, 6) is -1.27. The van der Waals surface area contributed by atoms with Gasteiger partial charge in [0.05, 0.1) is 0 Å². The molecule has 1 rings (SSSR count). The molecule has 17 heavy (non-hydrogen) atoms. The third-order valence-corrected chi connectivity index (χ3v) is 3.11. The maximum absolute atomic E-state index is 11.5. The van der Waals surface area contributed by atoms with Gasteiger partial charge in [0, 0.05) is 18.5 Å². The third-order valence-electron chi connectivity index (χ3n) is 3.11. The molecule has 1 aliphatic carbocycles. The Balaban J connectivity index is 2.19. The predicted octanol–water partition coefficient (Wildman–Crippen LogP) is 0.454. The van der Waals surface area contributed by atoms with E-state index in [-0.39, 0.29) is 24.5 Å². The number of aliphatic hydroxyl groups excluding tert-OH is 1. The number of aliphatic hydroxyl groups is 1. The van der Waals surface area contributed by atoms with Gasteiger partial charge in [-0.15, -0.1) is 0 Å². The van der Waals surface area contributed by atoms with Gasteiger partial charge in [0.15, 0.2) is 6.10 Å². The first-order valence-electron chi connectivity index (χ1n) is 5.90. The topological polar surface area (TPSA) is 98.7 Å². The summed E-state index contributed by atoms with van der Waals surface area (Å²) >= 11 is 0. The monoisotopic (exact) mass is 244 g/mol. The van der Waals surface area contributed by atoms with Crippen molar-refractivity contribution in [2.75, 3.05) is 6.54 Å². The summed E-state index contributed by atoms with van der Waals surface area (Å²) in [4.78, 5) is 21.8. The van der Waals surface area contributed by atoms with Crippen molar-refractivity contribution in [3.63, 3.8) is 0 Å². The van der Waals surface area contributed by atoms with Crippen molar-refractivity contribution in [2.45, 2.75) is 50.7 Å².